The maximum atomic E-state index is 12.0. The maximum Gasteiger partial charge on any atom is 0.242 e. The minimum Gasteiger partial charge on any atom is -0.387 e. The number of rotatable bonds is 4. The standard InChI is InChI=1S/C13H20N4O/c1-14-11-7-12(9-15-8-11)16(2)10-13(18)17-5-3-4-6-17/h7-9,14H,3-6,10H2,1-2H3. The molecule has 1 aliphatic heterocycles. The van der Waals surface area contributed by atoms with E-state index in [0.717, 1.165) is 37.3 Å². The Morgan fingerprint density at radius 2 is 2.17 bits per heavy atom. The van der Waals surface area contributed by atoms with Crippen LogP contribution in [0.15, 0.2) is 18.5 Å². The second-order valence-corrected chi connectivity index (χ2v) is 4.63. The van der Waals surface area contributed by atoms with Gasteiger partial charge in [0.15, 0.2) is 0 Å². The molecule has 0 spiro atoms. The fourth-order valence-electron chi connectivity index (χ4n) is 2.13. The van der Waals surface area contributed by atoms with Crippen LogP contribution in [0.2, 0.25) is 0 Å². The Labute approximate surface area is 108 Å². The molecular formula is C13H20N4O. The molecule has 1 fully saturated rings. The number of hydrogen-bond donors (Lipinski definition) is 1. The van der Waals surface area contributed by atoms with Gasteiger partial charge in [-0.15, -0.1) is 0 Å². The van der Waals surface area contributed by atoms with Crippen molar-refractivity contribution in [3.63, 3.8) is 0 Å². The molecule has 1 saturated heterocycles. The van der Waals surface area contributed by atoms with Gasteiger partial charge in [0, 0.05) is 27.2 Å². The summed E-state index contributed by atoms with van der Waals surface area (Å²) in [5.41, 5.74) is 1.90. The largest absolute Gasteiger partial charge is 0.387 e. The Kier molecular flexibility index (Phi) is 4.02. The Morgan fingerprint density at radius 3 is 2.83 bits per heavy atom. The summed E-state index contributed by atoms with van der Waals surface area (Å²) >= 11 is 0. The molecule has 5 heteroatoms. The van der Waals surface area contributed by atoms with Crippen molar-refractivity contribution in [1.29, 1.82) is 0 Å². The van der Waals surface area contributed by atoms with E-state index in [1.54, 1.807) is 12.4 Å². The zero-order valence-corrected chi connectivity index (χ0v) is 11.0. The van der Waals surface area contributed by atoms with Crippen molar-refractivity contribution >= 4 is 17.3 Å². The van der Waals surface area contributed by atoms with E-state index in [4.69, 9.17) is 0 Å². The van der Waals surface area contributed by atoms with E-state index in [-0.39, 0.29) is 5.91 Å². The minimum absolute atomic E-state index is 0.199. The molecule has 0 saturated carbocycles. The highest BCUT2D eigenvalue weighted by Crippen LogP contribution is 2.16. The van der Waals surface area contributed by atoms with Crippen LogP contribution in [0.3, 0.4) is 0 Å². The fourth-order valence-corrected chi connectivity index (χ4v) is 2.13. The summed E-state index contributed by atoms with van der Waals surface area (Å²) in [7, 11) is 3.78. The molecule has 98 valence electrons. The predicted octanol–water partition coefficient (Wildman–Crippen LogP) is 1.18. The van der Waals surface area contributed by atoms with Gasteiger partial charge in [-0.3, -0.25) is 9.78 Å². The highest BCUT2D eigenvalue weighted by molar-refractivity contribution is 5.81. The van der Waals surface area contributed by atoms with Crippen molar-refractivity contribution in [3.05, 3.63) is 18.5 Å². The van der Waals surface area contributed by atoms with Crippen LogP contribution in [0.1, 0.15) is 12.8 Å². The number of anilines is 2. The van der Waals surface area contributed by atoms with E-state index in [1.165, 1.54) is 0 Å². The van der Waals surface area contributed by atoms with Crippen molar-refractivity contribution in [3.8, 4) is 0 Å². The van der Waals surface area contributed by atoms with Crippen LogP contribution in [0, 0.1) is 0 Å². The molecule has 0 bridgehead atoms. The number of likely N-dealkylation sites (tertiary alicyclic amines) is 1. The lowest BCUT2D eigenvalue weighted by molar-refractivity contribution is -0.128. The monoisotopic (exact) mass is 248 g/mol. The van der Waals surface area contributed by atoms with Gasteiger partial charge in [-0.25, -0.2) is 0 Å². The highest BCUT2D eigenvalue weighted by Gasteiger charge is 2.19. The molecule has 1 aromatic heterocycles. The molecule has 2 rings (SSSR count). The van der Waals surface area contributed by atoms with Gasteiger partial charge in [-0.1, -0.05) is 0 Å². The van der Waals surface area contributed by atoms with E-state index >= 15 is 0 Å². The zero-order chi connectivity index (χ0) is 13.0. The first-order valence-corrected chi connectivity index (χ1v) is 6.32. The summed E-state index contributed by atoms with van der Waals surface area (Å²) in [6.07, 6.45) is 5.80. The van der Waals surface area contributed by atoms with Crippen LogP contribution in [0.5, 0.6) is 0 Å². The Bertz CT molecular complexity index is 415. The van der Waals surface area contributed by atoms with E-state index in [9.17, 15) is 4.79 Å². The lowest BCUT2D eigenvalue weighted by Gasteiger charge is -2.22. The first-order valence-electron chi connectivity index (χ1n) is 6.32. The Morgan fingerprint density at radius 1 is 1.44 bits per heavy atom. The highest BCUT2D eigenvalue weighted by atomic mass is 16.2. The molecule has 18 heavy (non-hydrogen) atoms. The first kappa shape index (κ1) is 12.7. The average Bonchev–Trinajstić information content (AvgIpc) is 2.92. The number of pyridine rings is 1. The van der Waals surface area contributed by atoms with Crippen molar-refractivity contribution in [2.75, 3.05) is 43.9 Å². The molecule has 1 N–H and O–H groups in total. The molecule has 0 radical (unpaired) electrons. The van der Waals surface area contributed by atoms with Gasteiger partial charge >= 0.3 is 0 Å². The topological polar surface area (TPSA) is 48.5 Å². The number of likely N-dealkylation sites (N-methyl/N-ethyl adjacent to an activating group) is 1. The molecule has 1 aromatic rings. The third-order valence-corrected chi connectivity index (χ3v) is 3.28. The molecule has 0 atom stereocenters. The maximum absolute atomic E-state index is 12.0. The normalized spacial score (nSPS) is 14.7. The van der Waals surface area contributed by atoms with Crippen LogP contribution in [0.25, 0.3) is 0 Å². The van der Waals surface area contributed by atoms with E-state index < -0.39 is 0 Å². The summed E-state index contributed by atoms with van der Waals surface area (Å²) in [6, 6.07) is 1.99. The molecule has 0 aliphatic carbocycles. The molecule has 5 nitrogen and oxygen atoms in total. The number of nitrogens with one attached hydrogen (secondary N) is 1. The Hall–Kier alpha value is -1.78. The number of nitrogens with zero attached hydrogens (tertiary/aromatic N) is 3. The average molecular weight is 248 g/mol. The van der Waals surface area contributed by atoms with Crippen LogP contribution >= 0.6 is 0 Å². The third kappa shape index (κ3) is 2.91. The number of amides is 1. The van der Waals surface area contributed by atoms with Gasteiger partial charge in [-0.05, 0) is 18.9 Å². The van der Waals surface area contributed by atoms with Crippen molar-refractivity contribution < 1.29 is 4.79 Å². The lowest BCUT2D eigenvalue weighted by Crippen LogP contribution is -2.37. The van der Waals surface area contributed by atoms with Crippen LogP contribution in [-0.2, 0) is 4.79 Å². The third-order valence-electron chi connectivity index (χ3n) is 3.28. The molecule has 0 unspecified atom stereocenters. The fraction of sp³-hybridized carbons (Fsp3) is 0.538. The number of carbonyl (C=O) groups excluding carboxylic acids is 1. The zero-order valence-electron chi connectivity index (χ0n) is 11.0. The summed E-state index contributed by atoms with van der Waals surface area (Å²) in [6.45, 7) is 2.22. The second kappa shape index (κ2) is 5.71. The number of hydrogen-bond acceptors (Lipinski definition) is 4. The van der Waals surface area contributed by atoms with Crippen LogP contribution in [0.4, 0.5) is 11.4 Å². The van der Waals surface area contributed by atoms with Gasteiger partial charge in [-0.2, -0.15) is 0 Å². The van der Waals surface area contributed by atoms with Gasteiger partial charge < -0.3 is 15.1 Å². The molecule has 1 amide bonds. The summed E-state index contributed by atoms with van der Waals surface area (Å²) in [4.78, 5) is 20.1. The van der Waals surface area contributed by atoms with Crippen molar-refractivity contribution in [1.82, 2.24) is 9.88 Å². The number of carbonyl (C=O) groups is 1. The summed E-state index contributed by atoms with van der Waals surface area (Å²) in [5.74, 6) is 0.199. The van der Waals surface area contributed by atoms with E-state index in [2.05, 4.69) is 10.3 Å². The quantitative estimate of drug-likeness (QED) is 0.869. The van der Waals surface area contributed by atoms with E-state index in [1.807, 2.05) is 30.0 Å². The van der Waals surface area contributed by atoms with Gasteiger partial charge in [0.05, 0.1) is 30.3 Å². The van der Waals surface area contributed by atoms with Crippen molar-refractivity contribution in [2.45, 2.75) is 12.8 Å². The van der Waals surface area contributed by atoms with Gasteiger partial charge in [0.1, 0.15) is 0 Å². The van der Waals surface area contributed by atoms with Crippen molar-refractivity contribution in [2.24, 2.45) is 0 Å². The SMILES string of the molecule is CNc1cncc(N(C)CC(=O)N2CCCC2)c1. The summed E-state index contributed by atoms with van der Waals surface area (Å²) < 4.78 is 0. The summed E-state index contributed by atoms with van der Waals surface area (Å²) in [5, 5.41) is 3.05. The lowest BCUT2D eigenvalue weighted by atomic mass is 10.3. The minimum atomic E-state index is 0.199. The predicted molar refractivity (Wildman–Crippen MR) is 72.9 cm³/mol. The molecule has 2 heterocycles. The van der Waals surface area contributed by atoms with E-state index in [0.29, 0.717) is 6.54 Å². The Balaban J connectivity index is 1.97. The van der Waals surface area contributed by atoms with Crippen LogP contribution in [-0.4, -0.2) is 49.5 Å². The molecule has 1 aliphatic rings. The van der Waals surface area contributed by atoms with Gasteiger partial charge in [0.25, 0.3) is 0 Å². The smallest absolute Gasteiger partial charge is 0.242 e. The van der Waals surface area contributed by atoms with Crippen LogP contribution < -0.4 is 10.2 Å². The molecular weight excluding hydrogens is 228 g/mol. The first-order chi connectivity index (χ1) is 8.70. The van der Waals surface area contributed by atoms with Gasteiger partial charge in [0.2, 0.25) is 5.91 Å². The number of aromatic nitrogens is 1. The second-order valence-electron chi connectivity index (χ2n) is 4.63. The molecule has 0 aromatic carbocycles.